The van der Waals surface area contributed by atoms with Gasteiger partial charge < -0.3 is 0 Å². The van der Waals surface area contributed by atoms with Crippen molar-refractivity contribution < 1.29 is 17.2 Å². The quantitative estimate of drug-likeness (QED) is 0.594. The van der Waals surface area contributed by atoms with Gasteiger partial charge in [-0.05, 0) is 71.1 Å². The molecule has 3 aromatic carbocycles. The van der Waals surface area contributed by atoms with E-state index in [1.54, 1.807) is 19.1 Å². The Morgan fingerprint density at radius 3 is 1.70 bits per heavy atom. The molecule has 0 radical (unpaired) electrons. The standard InChI is InChI=1S/C19H13Cl2F2NO2S/c1-10-16(20)6-12(7-17(10)21)15-9-19(23)18(22)8-14(15)11-2-4-13(5-3-11)27(24,25)26/h2-9H,1H3,(H2,24,25,26). The van der Waals surface area contributed by atoms with Crippen molar-refractivity contribution >= 4 is 33.2 Å². The molecule has 2 N–H and O–H groups in total. The minimum atomic E-state index is -3.86. The first-order valence-corrected chi connectivity index (χ1v) is 9.96. The topological polar surface area (TPSA) is 60.2 Å². The van der Waals surface area contributed by atoms with E-state index in [4.69, 9.17) is 28.3 Å². The van der Waals surface area contributed by atoms with Gasteiger partial charge in [0, 0.05) is 10.0 Å². The van der Waals surface area contributed by atoms with Gasteiger partial charge in [0.15, 0.2) is 11.6 Å². The number of hydrogen-bond acceptors (Lipinski definition) is 2. The first-order valence-electron chi connectivity index (χ1n) is 7.66. The second-order valence-electron chi connectivity index (χ2n) is 5.95. The van der Waals surface area contributed by atoms with Crippen LogP contribution in [0.1, 0.15) is 5.56 Å². The van der Waals surface area contributed by atoms with Crippen molar-refractivity contribution in [2.75, 3.05) is 0 Å². The Morgan fingerprint density at radius 1 is 0.815 bits per heavy atom. The van der Waals surface area contributed by atoms with E-state index in [1.165, 1.54) is 24.3 Å². The third kappa shape index (κ3) is 3.99. The highest BCUT2D eigenvalue weighted by atomic mass is 35.5. The van der Waals surface area contributed by atoms with Crippen LogP contribution in [0.25, 0.3) is 22.3 Å². The number of sulfonamides is 1. The summed E-state index contributed by atoms with van der Waals surface area (Å²) in [4.78, 5) is -0.0863. The van der Waals surface area contributed by atoms with Crippen molar-refractivity contribution in [1.29, 1.82) is 0 Å². The largest absolute Gasteiger partial charge is 0.238 e. The third-order valence-electron chi connectivity index (χ3n) is 4.15. The van der Waals surface area contributed by atoms with Gasteiger partial charge in [0.1, 0.15) is 0 Å². The summed E-state index contributed by atoms with van der Waals surface area (Å²) < 4.78 is 50.7. The fourth-order valence-corrected chi connectivity index (χ4v) is 3.65. The summed E-state index contributed by atoms with van der Waals surface area (Å²) in [5, 5.41) is 5.86. The molecule has 0 aliphatic carbocycles. The normalized spacial score (nSPS) is 11.6. The van der Waals surface area contributed by atoms with Gasteiger partial charge in [0.05, 0.1) is 4.90 Å². The van der Waals surface area contributed by atoms with Gasteiger partial charge in [-0.3, -0.25) is 0 Å². The molecule has 0 unspecified atom stereocenters. The van der Waals surface area contributed by atoms with Gasteiger partial charge in [-0.15, -0.1) is 0 Å². The molecule has 0 spiro atoms. The Labute approximate surface area is 165 Å². The zero-order valence-electron chi connectivity index (χ0n) is 13.9. The zero-order valence-corrected chi connectivity index (χ0v) is 16.3. The van der Waals surface area contributed by atoms with Crippen LogP contribution < -0.4 is 5.14 Å². The van der Waals surface area contributed by atoms with Crippen LogP contribution in [0.5, 0.6) is 0 Å². The number of primary sulfonamides is 1. The molecule has 0 amide bonds. The summed E-state index contributed by atoms with van der Waals surface area (Å²) in [6.07, 6.45) is 0. The fraction of sp³-hybridized carbons (Fsp3) is 0.0526. The van der Waals surface area contributed by atoms with E-state index in [-0.39, 0.29) is 4.90 Å². The van der Waals surface area contributed by atoms with E-state index in [9.17, 15) is 17.2 Å². The Morgan fingerprint density at radius 2 is 1.26 bits per heavy atom. The minimum absolute atomic E-state index is 0.0863. The van der Waals surface area contributed by atoms with Gasteiger partial charge in [-0.2, -0.15) is 0 Å². The molecule has 0 atom stereocenters. The predicted molar refractivity (Wildman–Crippen MR) is 103 cm³/mol. The average Bonchev–Trinajstić information content (AvgIpc) is 2.60. The van der Waals surface area contributed by atoms with E-state index in [0.29, 0.717) is 37.9 Å². The Balaban J connectivity index is 2.24. The van der Waals surface area contributed by atoms with Gasteiger partial charge in [0.2, 0.25) is 10.0 Å². The summed E-state index contributed by atoms with van der Waals surface area (Å²) in [5.41, 5.74) is 2.36. The maximum Gasteiger partial charge on any atom is 0.238 e. The number of halogens is 4. The summed E-state index contributed by atoms with van der Waals surface area (Å²) in [5.74, 6) is -2.06. The zero-order chi connectivity index (χ0) is 19.9. The lowest BCUT2D eigenvalue weighted by Gasteiger charge is -2.13. The summed E-state index contributed by atoms with van der Waals surface area (Å²) in [6.45, 7) is 1.74. The highest BCUT2D eigenvalue weighted by Crippen LogP contribution is 2.38. The number of hydrogen-bond donors (Lipinski definition) is 1. The molecule has 3 aromatic rings. The van der Waals surface area contributed by atoms with E-state index in [1.807, 2.05) is 0 Å². The lowest BCUT2D eigenvalue weighted by molar-refractivity contribution is 0.509. The molecule has 3 rings (SSSR count). The summed E-state index contributed by atoms with van der Waals surface area (Å²) >= 11 is 12.4. The lowest BCUT2D eigenvalue weighted by atomic mass is 9.93. The molecular formula is C19H13Cl2F2NO2S. The Kier molecular flexibility index (Phi) is 5.27. The van der Waals surface area contributed by atoms with Crippen LogP contribution in [0.2, 0.25) is 10.0 Å². The van der Waals surface area contributed by atoms with Crippen LogP contribution in [0.4, 0.5) is 8.78 Å². The molecule has 0 aromatic heterocycles. The predicted octanol–water partition coefficient (Wildman–Crippen LogP) is 5.56. The Hall–Kier alpha value is -1.99. The molecular weight excluding hydrogens is 415 g/mol. The van der Waals surface area contributed by atoms with E-state index < -0.39 is 21.7 Å². The molecule has 0 bridgehead atoms. The van der Waals surface area contributed by atoms with Crippen LogP contribution in [0, 0.1) is 18.6 Å². The number of nitrogens with two attached hydrogens (primary N) is 1. The lowest BCUT2D eigenvalue weighted by Crippen LogP contribution is -2.11. The maximum atomic E-state index is 13.9. The summed E-state index contributed by atoms with van der Waals surface area (Å²) in [7, 11) is -3.86. The van der Waals surface area contributed by atoms with Crippen LogP contribution in [0.15, 0.2) is 53.4 Å². The molecule has 140 valence electrons. The van der Waals surface area contributed by atoms with E-state index in [0.717, 1.165) is 12.1 Å². The molecule has 27 heavy (non-hydrogen) atoms. The monoisotopic (exact) mass is 427 g/mol. The molecule has 0 aliphatic heterocycles. The highest BCUT2D eigenvalue weighted by Gasteiger charge is 2.16. The minimum Gasteiger partial charge on any atom is -0.225 e. The molecule has 3 nitrogen and oxygen atoms in total. The molecule has 0 aliphatic rings. The number of benzene rings is 3. The SMILES string of the molecule is Cc1c(Cl)cc(-c2cc(F)c(F)cc2-c2ccc(S(N)(=O)=O)cc2)cc1Cl. The van der Waals surface area contributed by atoms with Gasteiger partial charge in [-0.25, -0.2) is 22.3 Å². The van der Waals surface area contributed by atoms with Crippen LogP contribution in [-0.4, -0.2) is 8.42 Å². The van der Waals surface area contributed by atoms with Crippen molar-refractivity contribution in [1.82, 2.24) is 0 Å². The second-order valence-corrected chi connectivity index (χ2v) is 8.32. The second kappa shape index (κ2) is 7.20. The van der Waals surface area contributed by atoms with E-state index >= 15 is 0 Å². The maximum absolute atomic E-state index is 13.9. The van der Waals surface area contributed by atoms with Crippen molar-refractivity contribution in [3.05, 3.63) is 75.8 Å². The fourth-order valence-electron chi connectivity index (χ4n) is 2.65. The smallest absolute Gasteiger partial charge is 0.225 e. The van der Waals surface area contributed by atoms with Crippen LogP contribution in [-0.2, 0) is 10.0 Å². The third-order valence-corrected chi connectivity index (χ3v) is 5.86. The van der Waals surface area contributed by atoms with Crippen LogP contribution in [0.3, 0.4) is 0 Å². The van der Waals surface area contributed by atoms with E-state index in [2.05, 4.69) is 0 Å². The first-order chi connectivity index (χ1) is 12.6. The molecule has 0 saturated heterocycles. The number of rotatable bonds is 3. The first kappa shape index (κ1) is 19.8. The molecule has 0 heterocycles. The molecule has 0 fully saturated rings. The van der Waals surface area contributed by atoms with Crippen molar-refractivity contribution in [2.45, 2.75) is 11.8 Å². The summed E-state index contributed by atoms with van der Waals surface area (Å²) in [6, 6.07) is 10.8. The van der Waals surface area contributed by atoms with Gasteiger partial charge in [-0.1, -0.05) is 35.3 Å². The molecule has 8 heteroatoms. The van der Waals surface area contributed by atoms with Crippen molar-refractivity contribution in [2.24, 2.45) is 5.14 Å². The Bertz CT molecular complexity index is 1120. The van der Waals surface area contributed by atoms with Crippen molar-refractivity contribution in [3.8, 4) is 22.3 Å². The van der Waals surface area contributed by atoms with Crippen LogP contribution >= 0.6 is 23.2 Å². The van der Waals surface area contributed by atoms with Crippen molar-refractivity contribution in [3.63, 3.8) is 0 Å². The highest BCUT2D eigenvalue weighted by molar-refractivity contribution is 7.89. The average molecular weight is 428 g/mol. The molecule has 0 saturated carbocycles. The van der Waals surface area contributed by atoms with Gasteiger partial charge in [0.25, 0.3) is 0 Å². The van der Waals surface area contributed by atoms with Gasteiger partial charge >= 0.3 is 0 Å².